The summed E-state index contributed by atoms with van der Waals surface area (Å²) in [5.41, 5.74) is 0.559. The molecule has 0 aromatic heterocycles. The van der Waals surface area contributed by atoms with E-state index in [4.69, 9.17) is 20.5 Å². The number of ether oxygens (including phenoxy) is 1. The summed E-state index contributed by atoms with van der Waals surface area (Å²) >= 11 is 5.77. The van der Waals surface area contributed by atoms with Crippen molar-refractivity contribution in [2.75, 3.05) is 12.4 Å². The standard InChI is InChI=1S/C24H18ClN3O7S/c1-15-3-7-19(8-4-15)36(32,33)35-22-10-5-16(12-23(22)34-2)11-17(14-26)24(29)27-18-6-9-20(25)21(13-18)28(30)31/h3-13H,1-2H3,(H,27,29)/b17-11+. The van der Waals surface area contributed by atoms with Gasteiger partial charge in [0, 0.05) is 11.8 Å². The number of aryl methyl sites for hydroxylation is 1. The third-order valence-corrected chi connectivity index (χ3v) is 6.34. The zero-order valence-electron chi connectivity index (χ0n) is 18.9. The van der Waals surface area contributed by atoms with Crippen LogP contribution < -0.4 is 14.2 Å². The molecular weight excluding hydrogens is 510 g/mol. The van der Waals surface area contributed by atoms with Crippen LogP contribution in [0.1, 0.15) is 11.1 Å². The Morgan fingerprint density at radius 1 is 1.11 bits per heavy atom. The Hall–Kier alpha value is -4.40. The highest BCUT2D eigenvalue weighted by Gasteiger charge is 2.20. The molecule has 10 nitrogen and oxygen atoms in total. The Morgan fingerprint density at radius 2 is 1.81 bits per heavy atom. The van der Waals surface area contributed by atoms with Gasteiger partial charge in [-0.05, 0) is 55.0 Å². The van der Waals surface area contributed by atoms with Gasteiger partial charge < -0.3 is 14.2 Å². The highest BCUT2D eigenvalue weighted by Crippen LogP contribution is 2.32. The maximum atomic E-state index is 12.6. The minimum absolute atomic E-state index is 0.0370. The summed E-state index contributed by atoms with van der Waals surface area (Å²) in [6.45, 7) is 1.82. The minimum atomic E-state index is -4.13. The third kappa shape index (κ3) is 6.18. The van der Waals surface area contributed by atoms with E-state index in [1.807, 2.05) is 6.92 Å². The fourth-order valence-electron chi connectivity index (χ4n) is 2.96. The number of nitrogens with zero attached hydrogens (tertiary/aromatic N) is 2. The van der Waals surface area contributed by atoms with Crippen LogP contribution in [0.25, 0.3) is 6.08 Å². The highest BCUT2D eigenvalue weighted by atomic mass is 35.5. The zero-order valence-corrected chi connectivity index (χ0v) is 20.5. The van der Waals surface area contributed by atoms with Gasteiger partial charge in [-0.3, -0.25) is 14.9 Å². The van der Waals surface area contributed by atoms with E-state index < -0.39 is 26.6 Å². The van der Waals surface area contributed by atoms with E-state index in [0.717, 1.165) is 11.6 Å². The van der Waals surface area contributed by atoms with Crippen LogP contribution in [0.5, 0.6) is 11.5 Å². The number of nitriles is 1. The number of hydrogen-bond donors (Lipinski definition) is 1. The summed E-state index contributed by atoms with van der Waals surface area (Å²) in [4.78, 5) is 22.9. The molecule has 0 atom stereocenters. The number of nitro groups is 1. The molecule has 12 heteroatoms. The van der Waals surface area contributed by atoms with Crippen molar-refractivity contribution in [1.82, 2.24) is 0 Å². The molecule has 3 aromatic carbocycles. The highest BCUT2D eigenvalue weighted by molar-refractivity contribution is 7.87. The Kier molecular flexibility index (Phi) is 7.93. The van der Waals surface area contributed by atoms with E-state index in [1.165, 1.54) is 55.7 Å². The number of nitrogens with one attached hydrogen (secondary N) is 1. The molecule has 0 radical (unpaired) electrons. The number of benzene rings is 3. The SMILES string of the molecule is COc1cc(/C=C(\C#N)C(=O)Nc2ccc(Cl)c([N+](=O)[O-])c2)ccc1OS(=O)(=O)c1ccc(C)cc1. The molecule has 0 saturated heterocycles. The van der Waals surface area contributed by atoms with Crippen LogP contribution in [0, 0.1) is 28.4 Å². The van der Waals surface area contributed by atoms with Crippen molar-refractivity contribution >= 4 is 45.1 Å². The summed E-state index contributed by atoms with van der Waals surface area (Å²) in [6.07, 6.45) is 1.24. The van der Waals surface area contributed by atoms with E-state index in [-0.39, 0.29) is 32.7 Å². The van der Waals surface area contributed by atoms with Gasteiger partial charge in [0.05, 0.1) is 12.0 Å². The predicted octanol–water partition coefficient (Wildman–Crippen LogP) is 4.88. The summed E-state index contributed by atoms with van der Waals surface area (Å²) in [5, 5.41) is 22.8. The molecule has 0 saturated carbocycles. The molecule has 0 unspecified atom stereocenters. The Balaban J connectivity index is 1.85. The molecule has 0 bridgehead atoms. The average Bonchev–Trinajstić information content (AvgIpc) is 2.84. The van der Waals surface area contributed by atoms with Crippen molar-refractivity contribution in [3.05, 3.63) is 92.5 Å². The number of halogens is 1. The van der Waals surface area contributed by atoms with Gasteiger partial charge in [-0.1, -0.05) is 35.4 Å². The predicted molar refractivity (Wildman–Crippen MR) is 132 cm³/mol. The van der Waals surface area contributed by atoms with Crippen molar-refractivity contribution < 1.29 is 27.1 Å². The normalized spacial score (nSPS) is 11.3. The molecular formula is C24H18ClN3O7S. The first-order valence-electron chi connectivity index (χ1n) is 10.1. The number of amides is 1. The lowest BCUT2D eigenvalue weighted by molar-refractivity contribution is -0.384. The number of nitro benzene ring substituents is 1. The molecule has 3 aromatic rings. The van der Waals surface area contributed by atoms with Crippen LogP contribution in [0.3, 0.4) is 0 Å². The van der Waals surface area contributed by atoms with Crippen molar-refractivity contribution in [2.24, 2.45) is 0 Å². The van der Waals surface area contributed by atoms with Crippen LogP contribution in [-0.2, 0) is 14.9 Å². The van der Waals surface area contributed by atoms with Gasteiger partial charge in [0.15, 0.2) is 11.5 Å². The molecule has 184 valence electrons. The third-order valence-electron chi connectivity index (χ3n) is 4.77. The lowest BCUT2D eigenvalue weighted by Gasteiger charge is -2.12. The topological polar surface area (TPSA) is 149 Å². The Labute approximate surface area is 211 Å². The lowest BCUT2D eigenvalue weighted by atomic mass is 10.1. The number of carbonyl (C=O) groups is 1. The van der Waals surface area contributed by atoms with Gasteiger partial charge in [0.1, 0.15) is 21.6 Å². The van der Waals surface area contributed by atoms with Gasteiger partial charge in [-0.2, -0.15) is 13.7 Å². The summed E-state index contributed by atoms with van der Waals surface area (Å²) in [7, 11) is -2.83. The van der Waals surface area contributed by atoms with Crippen molar-refractivity contribution in [1.29, 1.82) is 5.26 Å². The van der Waals surface area contributed by atoms with Crippen LogP contribution in [0.4, 0.5) is 11.4 Å². The van der Waals surface area contributed by atoms with E-state index in [2.05, 4.69) is 5.32 Å². The zero-order chi connectivity index (χ0) is 26.5. The van der Waals surface area contributed by atoms with E-state index in [1.54, 1.807) is 18.2 Å². The second-order valence-corrected chi connectivity index (χ2v) is 9.26. The first-order valence-corrected chi connectivity index (χ1v) is 11.9. The molecule has 0 fully saturated rings. The van der Waals surface area contributed by atoms with Gasteiger partial charge in [-0.25, -0.2) is 0 Å². The molecule has 36 heavy (non-hydrogen) atoms. The first kappa shape index (κ1) is 26.2. The number of anilines is 1. The number of carbonyl (C=O) groups excluding carboxylic acids is 1. The van der Waals surface area contributed by atoms with Gasteiger partial charge in [0.2, 0.25) is 0 Å². The maximum Gasteiger partial charge on any atom is 0.339 e. The summed E-state index contributed by atoms with van der Waals surface area (Å²) < 4.78 is 35.7. The molecule has 0 heterocycles. The summed E-state index contributed by atoms with van der Waals surface area (Å²) in [6, 6.07) is 15.7. The van der Waals surface area contributed by atoms with Crippen LogP contribution in [0.15, 0.2) is 71.1 Å². The van der Waals surface area contributed by atoms with Crippen LogP contribution in [0.2, 0.25) is 5.02 Å². The van der Waals surface area contributed by atoms with Crippen LogP contribution in [-0.4, -0.2) is 26.4 Å². The molecule has 0 spiro atoms. The molecule has 1 amide bonds. The Bertz CT molecular complexity index is 1510. The molecule has 1 N–H and O–H groups in total. The van der Waals surface area contributed by atoms with Gasteiger partial charge in [-0.15, -0.1) is 0 Å². The molecule has 0 aliphatic heterocycles. The second kappa shape index (κ2) is 10.9. The number of hydrogen-bond acceptors (Lipinski definition) is 8. The maximum absolute atomic E-state index is 12.6. The lowest BCUT2D eigenvalue weighted by Crippen LogP contribution is -2.13. The minimum Gasteiger partial charge on any atom is -0.493 e. The Morgan fingerprint density at radius 3 is 2.42 bits per heavy atom. The number of methoxy groups -OCH3 is 1. The summed E-state index contributed by atoms with van der Waals surface area (Å²) in [5.74, 6) is -0.868. The monoisotopic (exact) mass is 527 g/mol. The first-order chi connectivity index (χ1) is 17.0. The molecule has 0 aliphatic carbocycles. The second-order valence-electron chi connectivity index (χ2n) is 7.31. The van der Waals surface area contributed by atoms with Crippen LogP contribution >= 0.6 is 11.6 Å². The fraction of sp³-hybridized carbons (Fsp3) is 0.0833. The van der Waals surface area contributed by atoms with Crippen molar-refractivity contribution in [3.63, 3.8) is 0 Å². The largest absolute Gasteiger partial charge is 0.493 e. The fourth-order valence-corrected chi connectivity index (χ4v) is 4.08. The molecule has 3 rings (SSSR count). The smallest absolute Gasteiger partial charge is 0.339 e. The number of rotatable bonds is 8. The van der Waals surface area contributed by atoms with Gasteiger partial charge >= 0.3 is 10.1 Å². The van der Waals surface area contributed by atoms with E-state index in [9.17, 15) is 28.6 Å². The van der Waals surface area contributed by atoms with Crippen molar-refractivity contribution in [3.8, 4) is 17.6 Å². The van der Waals surface area contributed by atoms with Crippen molar-refractivity contribution in [2.45, 2.75) is 11.8 Å². The van der Waals surface area contributed by atoms with E-state index in [0.29, 0.717) is 5.56 Å². The average molecular weight is 528 g/mol. The van der Waals surface area contributed by atoms with E-state index >= 15 is 0 Å². The quantitative estimate of drug-likeness (QED) is 0.143. The molecule has 0 aliphatic rings. The van der Waals surface area contributed by atoms with Gasteiger partial charge in [0.25, 0.3) is 11.6 Å².